The summed E-state index contributed by atoms with van der Waals surface area (Å²) in [5, 5.41) is 9.36. The first kappa shape index (κ1) is 29.1. The number of esters is 1. The molecule has 3 atom stereocenters. The second-order valence-corrected chi connectivity index (χ2v) is 11.6. The second-order valence-electron chi connectivity index (χ2n) is 11.6. The molecule has 1 aliphatic heterocycles. The van der Waals surface area contributed by atoms with Crippen LogP contribution in [0.5, 0.6) is 0 Å². The van der Waals surface area contributed by atoms with Crippen molar-refractivity contribution in [1.82, 2.24) is 4.98 Å². The fourth-order valence-electron chi connectivity index (χ4n) is 5.37. The van der Waals surface area contributed by atoms with Gasteiger partial charge in [0.25, 0.3) is 0 Å². The number of allylic oxidation sites excluding steroid dienone is 1. The van der Waals surface area contributed by atoms with E-state index in [0.29, 0.717) is 29.9 Å². The van der Waals surface area contributed by atoms with Gasteiger partial charge >= 0.3 is 5.97 Å². The monoisotopic (exact) mass is 511 g/mol. The molecule has 0 amide bonds. The number of fused-ring (bicyclic) bond motifs is 1. The van der Waals surface area contributed by atoms with Crippen molar-refractivity contribution in [3.8, 4) is 0 Å². The van der Waals surface area contributed by atoms with Gasteiger partial charge in [0.05, 0.1) is 0 Å². The third-order valence-electron chi connectivity index (χ3n) is 7.77. The topological polar surface area (TPSA) is 89.6 Å². The van der Waals surface area contributed by atoms with Crippen LogP contribution < -0.4 is 0 Å². The van der Waals surface area contributed by atoms with Crippen LogP contribution in [0, 0.1) is 17.3 Å². The number of cyclic esters (lactones) is 1. The van der Waals surface area contributed by atoms with E-state index in [-0.39, 0.29) is 36.6 Å². The lowest BCUT2D eigenvalue weighted by molar-refractivity contribution is -0.150. The maximum Gasteiger partial charge on any atom is 0.306 e. The summed E-state index contributed by atoms with van der Waals surface area (Å²) in [5.74, 6) is 0.806. The van der Waals surface area contributed by atoms with Gasteiger partial charge in [0.2, 0.25) is 5.89 Å². The molecule has 1 aromatic heterocycles. The highest BCUT2D eigenvalue weighted by molar-refractivity contribution is 5.87. The summed E-state index contributed by atoms with van der Waals surface area (Å²) >= 11 is 0. The Morgan fingerprint density at radius 2 is 1.97 bits per heavy atom. The molecule has 37 heavy (non-hydrogen) atoms. The summed E-state index contributed by atoms with van der Waals surface area (Å²) < 4.78 is 11.5. The number of carbonyl (C=O) groups excluding carboxylic acids is 2. The number of ether oxygens (including phenoxy) is 1. The van der Waals surface area contributed by atoms with Crippen LogP contribution in [0.15, 0.2) is 34.3 Å². The Morgan fingerprint density at radius 3 is 2.70 bits per heavy atom. The van der Waals surface area contributed by atoms with E-state index in [4.69, 9.17) is 9.15 Å². The van der Waals surface area contributed by atoms with Crippen LogP contribution in [-0.2, 0) is 20.9 Å². The fourth-order valence-corrected chi connectivity index (χ4v) is 5.37. The Kier molecular flexibility index (Phi) is 10.5. The minimum atomic E-state index is -0.569. The molecule has 0 aliphatic carbocycles. The number of benzene rings is 1. The molecule has 0 fully saturated rings. The smallest absolute Gasteiger partial charge is 0.306 e. The third-order valence-corrected chi connectivity index (χ3v) is 7.77. The molecule has 6 nitrogen and oxygen atoms in total. The number of rotatable bonds is 5. The van der Waals surface area contributed by atoms with E-state index in [2.05, 4.69) is 31.8 Å². The highest BCUT2D eigenvalue weighted by Crippen LogP contribution is 2.35. The molecule has 0 saturated carbocycles. The highest BCUT2D eigenvalue weighted by atomic mass is 16.5. The largest absolute Gasteiger partial charge is 0.457 e. The van der Waals surface area contributed by atoms with Gasteiger partial charge in [-0.15, -0.1) is 0 Å². The lowest BCUT2D eigenvalue weighted by atomic mass is 9.73. The summed E-state index contributed by atoms with van der Waals surface area (Å²) in [6.45, 7) is 10.3. The number of carbonyl (C=O) groups is 2. The Labute approximate surface area is 221 Å². The SMILES string of the molecule is CCCCC1CC(C)CCC/C(C)=C\CC(c2ccc3oc(CO)nc3c2)OC(=O)CCC(C)(C)C1=O. The molecule has 6 heteroatoms. The first-order chi connectivity index (χ1) is 17.6. The maximum atomic E-state index is 13.6. The predicted octanol–water partition coefficient (Wildman–Crippen LogP) is 7.63. The minimum Gasteiger partial charge on any atom is -0.457 e. The zero-order chi connectivity index (χ0) is 27.0. The molecular formula is C31H45NO5. The van der Waals surface area contributed by atoms with E-state index >= 15 is 0 Å². The molecular weight excluding hydrogens is 466 g/mol. The molecule has 1 aromatic carbocycles. The van der Waals surface area contributed by atoms with E-state index in [1.165, 1.54) is 5.57 Å². The number of aliphatic hydroxyl groups is 1. The average molecular weight is 512 g/mol. The van der Waals surface area contributed by atoms with E-state index in [1.807, 2.05) is 26.0 Å². The summed E-state index contributed by atoms with van der Waals surface area (Å²) in [7, 11) is 0. The fraction of sp³-hybridized carbons (Fsp3) is 0.645. The molecule has 204 valence electrons. The number of hydrogen-bond donors (Lipinski definition) is 1. The Morgan fingerprint density at radius 1 is 1.19 bits per heavy atom. The number of oxazole rings is 1. The minimum absolute atomic E-state index is 0.0521. The molecule has 0 bridgehead atoms. The van der Waals surface area contributed by atoms with E-state index in [1.54, 1.807) is 6.07 Å². The third kappa shape index (κ3) is 8.26. The molecule has 0 radical (unpaired) electrons. The van der Waals surface area contributed by atoms with Gasteiger partial charge in [-0.3, -0.25) is 9.59 Å². The zero-order valence-corrected chi connectivity index (χ0v) is 23.3. The Hall–Kier alpha value is -2.47. The lowest BCUT2D eigenvalue weighted by Crippen LogP contribution is -2.33. The lowest BCUT2D eigenvalue weighted by Gasteiger charge is -2.30. The molecule has 3 rings (SSSR count). The molecule has 2 heterocycles. The number of aromatic nitrogens is 1. The number of Topliss-reactive ketones (excluding diaryl/α,β-unsaturated/α-hetero) is 1. The van der Waals surface area contributed by atoms with Crippen LogP contribution in [0.25, 0.3) is 11.1 Å². The van der Waals surface area contributed by atoms with E-state index in [0.717, 1.165) is 50.5 Å². The van der Waals surface area contributed by atoms with Gasteiger partial charge < -0.3 is 14.3 Å². The number of ketones is 1. The van der Waals surface area contributed by atoms with Crippen LogP contribution in [0.1, 0.15) is 116 Å². The second kappa shape index (κ2) is 13.4. The molecule has 1 aliphatic rings. The van der Waals surface area contributed by atoms with Crippen molar-refractivity contribution < 1.29 is 23.8 Å². The summed E-state index contributed by atoms with van der Waals surface area (Å²) in [5.41, 5.74) is 2.77. The number of unbranched alkanes of at least 4 members (excludes halogenated alkanes) is 1. The standard InChI is InChI=1S/C31H45NO5/c1-6-7-11-24-18-22(3)10-8-9-21(2)12-14-26(37-29(34)16-17-31(4,5)30(24)35)23-13-15-27-25(19-23)32-28(20-33)36-27/h12-13,15,19,22,24,26,33H,6-11,14,16-18,20H2,1-5H3/b21-12-. The van der Waals surface area contributed by atoms with Gasteiger partial charge in [-0.05, 0) is 62.6 Å². The molecule has 1 N–H and O–H groups in total. The predicted molar refractivity (Wildman–Crippen MR) is 146 cm³/mol. The van der Waals surface area contributed by atoms with Gasteiger partial charge in [0, 0.05) is 24.2 Å². The first-order valence-corrected chi connectivity index (χ1v) is 14.0. The van der Waals surface area contributed by atoms with Crippen LogP contribution in [-0.4, -0.2) is 21.8 Å². The van der Waals surface area contributed by atoms with E-state index < -0.39 is 11.5 Å². The van der Waals surface area contributed by atoms with Crippen LogP contribution >= 0.6 is 0 Å². The van der Waals surface area contributed by atoms with Crippen molar-refractivity contribution in [2.75, 3.05) is 0 Å². The van der Waals surface area contributed by atoms with E-state index in [9.17, 15) is 14.7 Å². The molecule has 3 unspecified atom stereocenters. The quantitative estimate of drug-likeness (QED) is 0.328. The van der Waals surface area contributed by atoms with Crippen molar-refractivity contribution in [2.45, 2.75) is 112 Å². The Bertz CT molecular complexity index is 1080. The van der Waals surface area contributed by atoms with Gasteiger partial charge in [-0.2, -0.15) is 0 Å². The number of hydrogen-bond acceptors (Lipinski definition) is 6. The van der Waals surface area contributed by atoms with Crippen LogP contribution in [0.3, 0.4) is 0 Å². The summed E-state index contributed by atoms with van der Waals surface area (Å²) in [6, 6.07) is 5.56. The van der Waals surface area contributed by atoms with Gasteiger partial charge in [-0.1, -0.05) is 64.7 Å². The van der Waals surface area contributed by atoms with Gasteiger partial charge in [0.15, 0.2) is 5.58 Å². The van der Waals surface area contributed by atoms with Crippen molar-refractivity contribution in [3.05, 3.63) is 41.3 Å². The highest BCUT2D eigenvalue weighted by Gasteiger charge is 2.34. The normalized spacial score (nSPS) is 26.0. The first-order valence-electron chi connectivity index (χ1n) is 14.0. The van der Waals surface area contributed by atoms with Gasteiger partial charge in [-0.25, -0.2) is 4.98 Å². The van der Waals surface area contributed by atoms with Gasteiger partial charge in [0.1, 0.15) is 24.0 Å². The number of nitrogens with zero attached hydrogens (tertiary/aromatic N) is 1. The molecule has 0 saturated heterocycles. The Balaban J connectivity index is 1.85. The van der Waals surface area contributed by atoms with Crippen LogP contribution in [0.2, 0.25) is 0 Å². The molecule has 2 aromatic rings. The number of aliphatic hydroxyl groups excluding tert-OH is 1. The van der Waals surface area contributed by atoms with Crippen molar-refractivity contribution in [1.29, 1.82) is 0 Å². The average Bonchev–Trinajstić information content (AvgIpc) is 3.29. The summed E-state index contributed by atoms with van der Waals surface area (Å²) in [4.78, 5) is 31.0. The summed E-state index contributed by atoms with van der Waals surface area (Å²) in [6.07, 6.45) is 10.2. The molecule has 0 spiro atoms. The van der Waals surface area contributed by atoms with Crippen LogP contribution in [0.4, 0.5) is 0 Å². The van der Waals surface area contributed by atoms with Crippen molar-refractivity contribution in [2.24, 2.45) is 17.3 Å². The van der Waals surface area contributed by atoms with Crippen molar-refractivity contribution in [3.63, 3.8) is 0 Å². The zero-order valence-electron chi connectivity index (χ0n) is 23.3. The van der Waals surface area contributed by atoms with Crippen molar-refractivity contribution >= 4 is 22.9 Å². The maximum absolute atomic E-state index is 13.6.